The Morgan fingerprint density at radius 1 is 1.00 bits per heavy atom. The third kappa shape index (κ3) is 2.17. The van der Waals surface area contributed by atoms with Crippen molar-refractivity contribution in [2.45, 2.75) is 18.0 Å². The van der Waals surface area contributed by atoms with Crippen molar-refractivity contribution in [2.75, 3.05) is 6.54 Å². The zero-order valence-electron chi connectivity index (χ0n) is 10.8. The Morgan fingerprint density at radius 2 is 1.58 bits per heavy atom. The summed E-state index contributed by atoms with van der Waals surface area (Å²) in [5.41, 5.74) is 6.27. The van der Waals surface area contributed by atoms with Crippen LogP contribution in [0.1, 0.15) is 23.5 Å². The van der Waals surface area contributed by atoms with Crippen molar-refractivity contribution in [3.05, 3.63) is 71.8 Å². The van der Waals surface area contributed by atoms with Gasteiger partial charge in [0, 0.05) is 12.5 Å². The van der Waals surface area contributed by atoms with Gasteiger partial charge in [-0.15, -0.1) is 0 Å². The summed E-state index contributed by atoms with van der Waals surface area (Å²) in [6.45, 7) is 0.0466. The van der Waals surface area contributed by atoms with Crippen LogP contribution in [-0.4, -0.2) is 6.54 Å². The highest BCUT2D eigenvalue weighted by molar-refractivity contribution is 5.33. The smallest absolute Gasteiger partial charge is 0.151 e. The fourth-order valence-corrected chi connectivity index (χ4v) is 2.97. The lowest BCUT2D eigenvalue weighted by Gasteiger charge is -2.24. The Bertz CT molecular complexity index is 540. The van der Waals surface area contributed by atoms with Crippen molar-refractivity contribution >= 4 is 0 Å². The molecule has 3 unspecified atom stereocenters. The molecule has 2 aromatic carbocycles. The van der Waals surface area contributed by atoms with Gasteiger partial charge in [0.2, 0.25) is 0 Å². The molecule has 0 spiro atoms. The van der Waals surface area contributed by atoms with Gasteiger partial charge in [-0.05, 0) is 23.5 Å². The number of rotatable bonds is 4. The van der Waals surface area contributed by atoms with Gasteiger partial charge < -0.3 is 5.73 Å². The Morgan fingerprint density at radius 3 is 2.16 bits per heavy atom. The maximum Gasteiger partial charge on any atom is 0.151 e. The molecule has 0 aromatic heterocycles. The summed E-state index contributed by atoms with van der Waals surface area (Å²) >= 11 is 0. The molecule has 1 aliphatic carbocycles. The van der Waals surface area contributed by atoms with Crippen LogP contribution < -0.4 is 5.73 Å². The van der Waals surface area contributed by atoms with Gasteiger partial charge in [0.1, 0.15) is 0 Å². The van der Waals surface area contributed by atoms with E-state index in [0.29, 0.717) is 11.5 Å². The summed E-state index contributed by atoms with van der Waals surface area (Å²) < 4.78 is 15.2. The monoisotopic (exact) mass is 255 g/mol. The average Bonchev–Trinajstić information content (AvgIpc) is 3.29. The minimum Gasteiger partial charge on any atom is -0.327 e. The molecule has 3 rings (SSSR count). The minimum atomic E-state index is -1.40. The summed E-state index contributed by atoms with van der Waals surface area (Å²) in [4.78, 5) is 0. The SMILES string of the molecule is NCC(F)(c1ccccc1)C1CC1c1ccccc1. The van der Waals surface area contributed by atoms with Gasteiger partial charge in [0.15, 0.2) is 5.67 Å². The highest BCUT2D eigenvalue weighted by Gasteiger charge is 2.54. The van der Waals surface area contributed by atoms with E-state index < -0.39 is 5.67 Å². The van der Waals surface area contributed by atoms with Crippen molar-refractivity contribution in [2.24, 2.45) is 11.7 Å². The lowest BCUT2D eigenvalue weighted by molar-refractivity contribution is 0.140. The molecule has 0 saturated heterocycles. The molecule has 1 fully saturated rings. The van der Waals surface area contributed by atoms with E-state index in [0.717, 1.165) is 6.42 Å². The molecular formula is C17H18FN. The van der Waals surface area contributed by atoms with Crippen LogP contribution in [0.4, 0.5) is 4.39 Å². The fraction of sp³-hybridized carbons (Fsp3) is 0.294. The molecule has 2 heteroatoms. The highest BCUT2D eigenvalue weighted by Crippen LogP contribution is 2.58. The van der Waals surface area contributed by atoms with Crippen LogP contribution in [-0.2, 0) is 5.67 Å². The minimum absolute atomic E-state index is 0.00213. The second-order valence-electron chi connectivity index (χ2n) is 5.29. The lowest BCUT2D eigenvalue weighted by atomic mass is 9.88. The lowest BCUT2D eigenvalue weighted by Crippen LogP contribution is -2.33. The van der Waals surface area contributed by atoms with Crippen molar-refractivity contribution in [1.82, 2.24) is 0 Å². The summed E-state index contributed by atoms with van der Waals surface area (Å²) in [5, 5.41) is 0. The Balaban J connectivity index is 1.86. The number of benzene rings is 2. The molecule has 98 valence electrons. The Labute approximate surface area is 113 Å². The first-order valence-electron chi connectivity index (χ1n) is 6.75. The standard InChI is InChI=1S/C17H18FN/c18-17(12-19,14-9-5-2-6-10-14)16-11-15(16)13-7-3-1-4-8-13/h1-10,15-16H,11-12,19H2. The summed E-state index contributed by atoms with van der Waals surface area (Å²) in [7, 11) is 0. The number of nitrogens with two attached hydrogens (primary N) is 1. The number of hydrogen-bond acceptors (Lipinski definition) is 1. The molecule has 0 heterocycles. The molecule has 0 amide bonds. The van der Waals surface area contributed by atoms with Crippen LogP contribution in [0.15, 0.2) is 60.7 Å². The number of hydrogen-bond donors (Lipinski definition) is 1. The third-order valence-electron chi connectivity index (χ3n) is 4.16. The quantitative estimate of drug-likeness (QED) is 0.887. The molecule has 2 aromatic rings. The summed E-state index contributed by atoms with van der Waals surface area (Å²) in [5.74, 6) is 0.303. The topological polar surface area (TPSA) is 26.0 Å². The third-order valence-corrected chi connectivity index (χ3v) is 4.16. The van der Waals surface area contributed by atoms with Crippen LogP contribution in [0.3, 0.4) is 0 Å². The predicted molar refractivity (Wildman–Crippen MR) is 75.6 cm³/mol. The first-order valence-corrected chi connectivity index (χ1v) is 6.75. The van der Waals surface area contributed by atoms with Gasteiger partial charge in [-0.3, -0.25) is 0 Å². The summed E-state index contributed by atoms with van der Waals surface area (Å²) in [6.07, 6.45) is 0.882. The van der Waals surface area contributed by atoms with E-state index in [1.807, 2.05) is 48.5 Å². The molecule has 0 bridgehead atoms. The van der Waals surface area contributed by atoms with E-state index in [1.165, 1.54) is 5.56 Å². The van der Waals surface area contributed by atoms with Gasteiger partial charge in [-0.25, -0.2) is 4.39 Å². The zero-order chi connectivity index (χ0) is 13.3. The van der Waals surface area contributed by atoms with Crippen molar-refractivity contribution in [1.29, 1.82) is 0 Å². The maximum atomic E-state index is 15.2. The van der Waals surface area contributed by atoms with Crippen LogP contribution >= 0.6 is 0 Å². The molecule has 3 atom stereocenters. The van der Waals surface area contributed by atoms with Gasteiger partial charge in [0.05, 0.1) is 0 Å². The van der Waals surface area contributed by atoms with Crippen LogP contribution in [0.5, 0.6) is 0 Å². The van der Waals surface area contributed by atoms with Crippen molar-refractivity contribution in [3.8, 4) is 0 Å². The molecule has 19 heavy (non-hydrogen) atoms. The van der Waals surface area contributed by atoms with Gasteiger partial charge in [-0.1, -0.05) is 60.7 Å². The molecule has 0 radical (unpaired) electrons. The first-order chi connectivity index (χ1) is 9.25. The molecule has 2 N–H and O–H groups in total. The van der Waals surface area contributed by atoms with Crippen LogP contribution in [0.25, 0.3) is 0 Å². The summed E-state index contributed by atoms with van der Waals surface area (Å²) in [6, 6.07) is 19.5. The molecule has 1 saturated carbocycles. The molecule has 0 aliphatic heterocycles. The zero-order valence-corrected chi connectivity index (χ0v) is 10.8. The highest BCUT2D eigenvalue weighted by atomic mass is 19.1. The average molecular weight is 255 g/mol. The first kappa shape index (κ1) is 12.4. The maximum absolute atomic E-state index is 15.2. The van der Waals surface area contributed by atoms with Gasteiger partial charge >= 0.3 is 0 Å². The molecule has 1 nitrogen and oxygen atoms in total. The number of halogens is 1. The fourth-order valence-electron chi connectivity index (χ4n) is 2.97. The predicted octanol–water partition coefficient (Wildman–Crippen LogP) is 3.61. The van der Waals surface area contributed by atoms with E-state index in [4.69, 9.17) is 5.73 Å². The molecule has 1 aliphatic rings. The van der Waals surface area contributed by atoms with Crippen LogP contribution in [0, 0.1) is 5.92 Å². The second-order valence-corrected chi connectivity index (χ2v) is 5.29. The van der Waals surface area contributed by atoms with E-state index in [1.54, 1.807) is 0 Å². The van der Waals surface area contributed by atoms with Crippen molar-refractivity contribution in [3.63, 3.8) is 0 Å². The Kier molecular flexibility index (Phi) is 3.11. The van der Waals surface area contributed by atoms with Crippen molar-refractivity contribution < 1.29 is 4.39 Å². The largest absolute Gasteiger partial charge is 0.327 e. The normalized spacial score (nSPS) is 24.7. The van der Waals surface area contributed by atoms with Gasteiger partial charge in [0.25, 0.3) is 0 Å². The van der Waals surface area contributed by atoms with Gasteiger partial charge in [-0.2, -0.15) is 0 Å². The second kappa shape index (κ2) is 4.78. The van der Waals surface area contributed by atoms with E-state index in [9.17, 15) is 0 Å². The van der Waals surface area contributed by atoms with E-state index in [-0.39, 0.29) is 12.5 Å². The Hall–Kier alpha value is -1.67. The molecular weight excluding hydrogens is 237 g/mol. The number of alkyl halides is 1. The van der Waals surface area contributed by atoms with Crippen LogP contribution in [0.2, 0.25) is 0 Å². The van der Waals surface area contributed by atoms with E-state index >= 15 is 4.39 Å². The van der Waals surface area contributed by atoms with E-state index in [2.05, 4.69) is 12.1 Å².